The fourth-order valence-corrected chi connectivity index (χ4v) is 1.67. The summed E-state index contributed by atoms with van der Waals surface area (Å²) < 4.78 is 39.9. The van der Waals surface area contributed by atoms with Crippen molar-refractivity contribution in [1.29, 1.82) is 0 Å². The number of hydrogen-bond acceptors (Lipinski definition) is 1. The predicted octanol–water partition coefficient (Wildman–Crippen LogP) is 4.36. The molecule has 0 saturated heterocycles. The fourth-order valence-electron chi connectivity index (χ4n) is 1.67. The summed E-state index contributed by atoms with van der Waals surface area (Å²) in [5, 5.41) is 0. The van der Waals surface area contributed by atoms with Gasteiger partial charge in [-0.2, -0.15) is 0 Å². The maximum Gasteiger partial charge on any atom is 0.573 e. The van der Waals surface area contributed by atoms with Crippen LogP contribution >= 0.6 is 0 Å². The van der Waals surface area contributed by atoms with Gasteiger partial charge in [0.2, 0.25) is 0 Å². The Balaban J connectivity index is 2.09. The molecule has 0 amide bonds. The van der Waals surface area contributed by atoms with Crippen LogP contribution in [0, 0.1) is 23.7 Å². The third-order valence-electron chi connectivity index (χ3n) is 2.59. The molecule has 110 valence electrons. The van der Waals surface area contributed by atoms with Crippen LogP contribution in [-0.4, -0.2) is 6.36 Å². The van der Waals surface area contributed by atoms with E-state index in [2.05, 4.69) is 28.4 Å². The zero-order valence-electron chi connectivity index (χ0n) is 11.7. The average Bonchev–Trinajstić information content (AvgIpc) is 2.47. The predicted molar refractivity (Wildman–Crippen MR) is 78.1 cm³/mol. The Hall–Kier alpha value is -2.85. The summed E-state index contributed by atoms with van der Waals surface area (Å²) in [5.74, 6) is 11.3. The molecule has 0 aromatic heterocycles. The molecule has 0 aliphatic heterocycles. The second-order valence-corrected chi connectivity index (χ2v) is 4.27. The zero-order valence-corrected chi connectivity index (χ0v) is 11.7. The van der Waals surface area contributed by atoms with Crippen LogP contribution in [0.5, 0.6) is 5.75 Å². The Morgan fingerprint density at radius 1 is 0.727 bits per heavy atom. The van der Waals surface area contributed by atoms with E-state index in [-0.39, 0.29) is 5.75 Å². The van der Waals surface area contributed by atoms with Gasteiger partial charge in [0.1, 0.15) is 5.75 Å². The molecule has 0 N–H and O–H groups in total. The van der Waals surface area contributed by atoms with Crippen LogP contribution in [0.3, 0.4) is 0 Å². The van der Waals surface area contributed by atoms with E-state index in [9.17, 15) is 13.2 Å². The molecule has 0 aliphatic rings. The average molecular weight is 300 g/mol. The van der Waals surface area contributed by atoms with Crippen LogP contribution in [0.1, 0.15) is 23.6 Å². The smallest absolute Gasteiger partial charge is 0.406 e. The van der Waals surface area contributed by atoms with Crippen molar-refractivity contribution in [3.63, 3.8) is 0 Å². The van der Waals surface area contributed by atoms with Crippen LogP contribution in [-0.2, 0) is 0 Å². The lowest BCUT2D eigenvalue weighted by Gasteiger charge is -2.07. The lowest BCUT2D eigenvalue weighted by atomic mass is 10.1. The van der Waals surface area contributed by atoms with Crippen molar-refractivity contribution >= 4 is 0 Å². The molecule has 22 heavy (non-hydrogen) atoms. The van der Waals surface area contributed by atoms with Crippen LogP contribution < -0.4 is 4.74 Å². The molecule has 0 atom stereocenters. The maximum absolute atomic E-state index is 12.0. The molecule has 1 nitrogen and oxygen atoms in total. The van der Waals surface area contributed by atoms with Gasteiger partial charge in [-0.05, 0) is 55.5 Å². The maximum atomic E-state index is 12.0. The minimum Gasteiger partial charge on any atom is -0.406 e. The van der Waals surface area contributed by atoms with Gasteiger partial charge in [-0.1, -0.05) is 17.8 Å². The molecule has 0 unspecified atom stereocenters. The molecule has 0 aliphatic carbocycles. The Kier molecular flexibility index (Phi) is 4.76. The fraction of sp³-hybridized carbons (Fsp3) is 0.111. The van der Waals surface area contributed by atoms with E-state index >= 15 is 0 Å². The van der Waals surface area contributed by atoms with E-state index in [4.69, 9.17) is 0 Å². The van der Waals surface area contributed by atoms with Gasteiger partial charge in [0, 0.05) is 16.7 Å². The minimum absolute atomic E-state index is 0.263. The van der Waals surface area contributed by atoms with Crippen molar-refractivity contribution in [3.05, 3.63) is 65.2 Å². The second kappa shape index (κ2) is 6.74. The van der Waals surface area contributed by atoms with Crippen molar-refractivity contribution in [2.45, 2.75) is 13.3 Å². The van der Waals surface area contributed by atoms with Gasteiger partial charge in [-0.15, -0.1) is 19.1 Å². The molecule has 0 radical (unpaired) electrons. The number of benzene rings is 2. The van der Waals surface area contributed by atoms with E-state index in [1.54, 1.807) is 6.92 Å². The molecule has 0 spiro atoms. The third kappa shape index (κ3) is 4.92. The quantitative estimate of drug-likeness (QED) is 0.711. The Morgan fingerprint density at radius 2 is 1.14 bits per heavy atom. The first-order chi connectivity index (χ1) is 10.5. The van der Waals surface area contributed by atoms with Gasteiger partial charge in [-0.3, -0.25) is 0 Å². The van der Waals surface area contributed by atoms with Gasteiger partial charge < -0.3 is 4.74 Å². The SMILES string of the molecule is CC#Cc1ccc(C#Cc2ccc(OC(F)(F)F)cc2)cc1. The first-order valence-corrected chi connectivity index (χ1v) is 6.37. The van der Waals surface area contributed by atoms with Crippen LogP contribution in [0.15, 0.2) is 48.5 Å². The molecule has 2 aromatic rings. The van der Waals surface area contributed by atoms with Crippen molar-refractivity contribution < 1.29 is 17.9 Å². The highest BCUT2D eigenvalue weighted by Gasteiger charge is 2.30. The van der Waals surface area contributed by atoms with Crippen LogP contribution in [0.25, 0.3) is 0 Å². The minimum atomic E-state index is -4.68. The highest BCUT2D eigenvalue weighted by atomic mass is 19.4. The molecule has 0 bridgehead atoms. The first-order valence-electron chi connectivity index (χ1n) is 6.37. The Morgan fingerprint density at radius 3 is 1.55 bits per heavy atom. The van der Waals surface area contributed by atoms with Gasteiger partial charge in [0.05, 0.1) is 0 Å². The van der Waals surface area contributed by atoms with E-state index in [0.717, 1.165) is 11.1 Å². The lowest BCUT2D eigenvalue weighted by molar-refractivity contribution is -0.274. The largest absolute Gasteiger partial charge is 0.573 e. The van der Waals surface area contributed by atoms with Crippen molar-refractivity contribution in [2.24, 2.45) is 0 Å². The lowest BCUT2D eigenvalue weighted by Crippen LogP contribution is -2.16. The summed E-state index contributed by atoms with van der Waals surface area (Å²) in [4.78, 5) is 0. The van der Waals surface area contributed by atoms with Gasteiger partial charge in [-0.25, -0.2) is 0 Å². The van der Waals surface area contributed by atoms with E-state index in [0.29, 0.717) is 5.56 Å². The number of halogens is 3. The van der Waals surface area contributed by atoms with Gasteiger partial charge in [0.15, 0.2) is 0 Å². The molecule has 0 heterocycles. The number of alkyl halides is 3. The highest BCUT2D eigenvalue weighted by Crippen LogP contribution is 2.22. The van der Waals surface area contributed by atoms with Gasteiger partial charge in [0.25, 0.3) is 0 Å². The Labute approximate surface area is 126 Å². The molecular weight excluding hydrogens is 289 g/mol. The van der Waals surface area contributed by atoms with Crippen molar-refractivity contribution in [1.82, 2.24) is 0 Å². The summed E-state index contributed by atoms with van der Waals surface area (Å²) in [6.45, 7) is 1.76. The number of hydrogen-bond donors (Lipinski definition) is 0. The second-order valence-electron chi connectivity index (χ2n) is 4.27. The molecule has 0 fully saturated rings. The number of rotatable bonds is 1. The van der Waals surface area contributed by atoms with Crippen molar-refractivity contribution in [3.8, 4) is 29.4 Å². The van der Waals surface area contributed by atoms with E-state index in [1.807, 2.05) is 24.3 Å². The normalized spacial score (nSPS) is 10.0. The molecule has 2 aromatic carbocycles. The standard InChI is InChI=1S/C18H11F3O/c1-2-3-14-4-6-15(7-5-14)8-9-16-10-12-17(13-11-16)22-18(19,20)21/h4-7,10-13H,1H3. The first kappa shape index (κ1) is 15.5. The van der Waals surface area contributed by atoms with Crippen molar-refractivity contribution in [2.75, 3.05) is 0 Å². The molecule has 4 heteroatoms. The van der Waals surface area contributed by atoms with E-state index in [1.165, 1.54) is 24.3 Å². The topological polar surface area (TPSA) is 9.23 Å². The molecular formula is C18H11F3O. The monoisotopic (exact) mass is 300 g/mol. The van der Waals surface area contributed by atoms with Gasteiger partial charge >= 0.3 is 6.36 Å². The molecule has 2 rings (SSSR count). The highest BCUT2D eigenvalue weighted by molar-refractivity contribution is 5.46. The van der Waals surface area contributed by atoms with Crippen LogP contribution in [0.4, 0.5) is 13.2 Å². The summed E-state index contributed by atoms with van der Waals surface area (Å²) in [6, 6.07) is 12.8. The zero-order chi connectivity index (χ0) is 16.0. The summed E-state index contributed by atoms with van der Waals surface area (Å²) in [6.07, 6.45) is -4.68. The summed E-state index contributed by atoms with van der Waals surface area (Å²) >= 11 is 0. The molecule has 0 saturated carbocycles. The Bertz CT molecular complexity index is 749. The third-order valence-corrected chi connectivity index (χ3v) is 2.59. The van der Waals surface area contributed by atoms with Crippen LogP contribution in [0.2, 0.25) is 0 Å². The number of ether oxygens (including phenoxy) is 1. The summed E-state index contributed by atoms with van der Waals surface area (Å²) in [5.41, 5.74) is 2.31. The summed E-state index contributed by atoms with van der Waals surface area (Å²) in [7, 11) is 0. The van der Waals surface area contributed by atoms with E-state index < -0.39 is 6.36 Å².